The Hall–Kier alpha value is -2.47. The van der Waals surface area contributed by atoms with Crippen LogP contribution in [0.15, 0.2) is 42.6 Å². The summed E-state index contributed by atoms with van der Waals surface area (Å²) >= 11 is 5.44. The molecule has 1 aliphatic heterocycles. The quantitative estimate of drug-likeness (QED) is 0.831. The number of carboxylic acid groups (broad SMARTS) is 1. The molecule has 112 valence electrons. The van der Waals surface area contributed by atoms with Crippen molar-refractivity contribution in [2.24, 2.45) is 0 Å². The Balaban J connectivity index is 1.79. The van der Waals surface area contributed by atoms with Crippen molar-refractivity contribution in [1.82, 2.24) is 9.88 Å². The summed E-state index contributed by atoms with van der Waals surface area (Å²) in [6.07, 6.45) is 2.24. The van der Waals surface area contributed by atoms with E-state index in [2.05, 4.69) is 10.3 Å². The predicted octanol–water partition coefficient (Wildman–Crippen LogP) is 2.53. The van der Waals surface area contributed by atoms with Crippen LogP contribution in [0.2, 0.25) is 0 Å². The third-order valence-electron chi connectivity index (χ3n) is 3.66. The SMILES string of the molecule is O=C(O)c1ccnc2c1CN(C(=S)Nc1ccccc1)CC2. The van der Waals surface area contributed by atoms with E-state index in [0.29, 0.717) is 23.6 Å². The van der Waals surface area contributed by atoms with Crippen LogP contribution in [0.3, 0.4) is 0 Å². The number of thiocarbonyl (C=S) groups is 1. The molecule has 0 unspecified atom stereocenters. The Morgan fingerprint density at radius 3 is 2.77 bits per heavy atom. The molecule has 5 nitrogen and oxygen atoms in total. The number of para-hydroxylation sites is 1. The van der Waals surface area contributed by atoms with Crippen LogP contribution in [0.4, 0.5) is 5.69 Å². The first-order chi connectivity index (χ1) is 10.6. The number of carboxylic acids is 1. The van der Waals surface area contributed by atoms with Crippen LogP contribution in [0, 0.1) is 0 Å². The minimum atomic E-state index is -0.928. The summed E-state index contributed by atoms with van der Waals surface area (Å²) in [5.74, 6) is -0.928. The Morgan fingerprint density at radius 1 is 1.27 bits per heavy atom. The molecule has 3 rings (SSSR count). The van der Waals surface area contributed by atoms with Crippen LogP contribution < -0.4 is 5.32 Å². The molecule has 6 heteroatoms. The first-order valence-electron chi connectivity index (χ1n) is 6.96. The predicted molar refractivity (Wildman–Crippen MR) is 88.0 cm³/mol. The molecule has 0 fully saturated rings. The number of fused-ring (bicyclic) bond motifs is 1. The third kappa shape index (κ3) is 2.92. The van der Waals surface area contributed by atoms with E-state index < -0.39 is 5.97 Å². The Bertz CT molecular complexity index is 719. The molecule has 0 bridgehead atoms. The molecule has 22 heavy (non-hydrogen) atoms. The van der Waals surface area contributed by atoms with Crippen molar-refractivity contribution in [3.63, 3.8) is 0 Å². The lowest BCUT2D eigenvalue weighted by Crippen LogP contribution is -2.39. The lowest BCUT2D eigenvalue weighted by Gasteiger charge is -2.31. The van der Waals surface area contributed by atoms with Gasteiger partial charge in [0.05, 0.1) is 5.56 Å². The Kier molecular flexibility index (Phi) is 4.02. The van der Waals surface area contributed by atoms with E-state index in [1.54, 1.807) is 12.3 Å². The summed E-state index contributed by atoms with van der Waals surface area (Å²) in [5, 5.41) is 13.1. The van der Waals surface area contributed by atoms with Crippen molar-refractivity contribution in [2.75, 3.05) is 11.9 Å². The number of aromatic carboxylic acids is 1. The van der Waals surface area contributed by atoms with Gasteiger partial charge in [-0.05, 0) is 30.4 Å². The molecule has 2 aromatic rings. The fourth-order valence-corrected chi connectivity index (χ4v) is 2.81. The fraction of sp³-hybridized carbons (Fsp3) is 0.188. The Labute approximate surface area is 133 Å². The van der Waals surface area contributed by atoms with E-state index in [4.69, 9.17) is 12.2 Å². The number of nitrogens with zero attached hydrogens (tertiary/aromatic N) is 2. The molecule has 0 amide bonds. The summed E-state index contributed by atoms with van der Waals surface area (Å²) in [5.41, 5.74) is 2.82. The second kappa shape index (κ2) is 6.11. The number of hydrogen-bond acceptors (Lipinski definition) is 3. The van der Waals surface area contributed by atoms with Gasteiger partial charge in [0, 0.05) is 42.7 Å². The maximum atomic E-state index is 11.3. The third-order valence-corrected chi connectivity index (χ3v) is 4.02. The monoisotopic (exact) mass is 313 g/mol. The van der Waals surface area contributed by atoms with Gasteiger partial charge in [-0.1, -0.05) is 18.2 Å². The van der Waals surface area contributed by atoms with Crippen LogP contribution >= 0.6 is 12.2 Å². The van der Waals surface area contributed by atoms with Crippen LogP contribution in [-0.2, 0) is 13.0 Å². The molecule has 1 aromatic heterocycles. The first kappa shape index (κ1) is 14.5. The molecule has 2 N–H and O–H groups in total. The highest BCUT2D eigenvalue weighted by atomic mass is 32.1. The Morgan fingerprint density at radius 2 is 2.05 bits per heavy atom. The average Bonchev–Trinajstić information content (AvgIpc) is 2.54. The van der Waals surface area contributed by atoms with Crippen molar-refractivity contribution in [3.05, 3.63) is 59.4 Å². The van der Waals surface area contributed by atoms with Gasteiger partial charge < -0.3 is 15.3 Å². The summed E-state index contributed by atoms with van der Waals surface area (Å²) in [6.45, 7) is 1.19. The van der Waals surface area contributed by atoms with Crippen molar-refractivity contribution in [2.45, 2.75) is 13.0 Å². The maximum absolute atomic E-state index is 11.3. The molecule has 0 atom stereocenters. The van der Waals surface area contributed by atoms with Crippen molar-refractivity contribution in [1.29, 1.82) is 0 Å². The van der Waals surface area contributed by atoms with Gasteiger partial charge in [-0.25, -0.2) is 4.79 Å². The highest BCUT2D eigenvalue weighted by Crippen LogP contribution is 2.21. The summed E-state index contributed by atoms with van der Waals surface area (Å²) in [7, 11) is 0. The number of benzene rings is 1. The van der Waals surface area contributed by atoms with E-state index in [1.807, 2.05) is 35.2 Å². The van der Waals surface area contributed by atoms with Crippen molar-refractivity contribution >= 4 is 29.0 Å². The minimum absolute atomic E-state index is 0.303. The smallest absolute Gasteiger partial charge is 0.336 e. The van der Waals surface area contributed by atoms with Crippen molar-refractivity contribution < 1.29 is 9.90 Å². The number of anilines is 1. The summed E-state index contributed by atoms with van der Waals surface area (Å²) in [4.78, 5) is 17.6. The second-order valence-corrected chi connectivity index (χ2v) is 5.44. The number of hydrogen-bond donors (Lipinski definition) is 2. The zero-order valence-electron chi connectivity index (χ0n) is 11.8. The number of rotatable bonds is 2. The van der Waals surface area contributed by atoms with Gasteiger partial charge in [-0.2, -0.15) is 0 Å². The summed E-state index contributed by atoms with van der Waals surface area (Å²) in [6, 6.07) is 11.2. The molecule has 0 radical (unpaired) electrons. The first-order valence-corrected chi connectivity index (χ1v) is 7.37. The standard InChI is InChI=1S/C16H15N3O2S/c20-15(21)12-6-8-17-14-7-9-19(10-13(12)14)16(22)18-11-4-2-1-3-5-11/h1-6,8H,7,9-10H2,(H,18,22)(H,20,21). The maximum Gasteiger partial charge on any atom is 0.336 e. The van der Waals surface area contributed by atoms with Gasteiger partial charge in [0.1, 0.15) is 0 Å². The number of pyridine rings is 1. The second-order valence-electron chi connectivity index (χ2n) is 5.06. The molecular formula is C16H15N3O2S. The molecule has 1 aromatic carbocycles. The van der Waals surface area contributed by atoms with Gasteiger partial charge in [0.25, 0.3) is 0 Å². The lowest BCUT2D eigenvalue weighted by atomic mass is 10.0. The van der Waals surface area contributed by atoms with Gasteiger partial charge in [-0.15, -0.1) is 0 Å². The zero-order valence-corrected chi connectivity index (χ0v) is 12.6. The van der Waals surface area contributed by atoms with E-state index in [1.165, 1.54) is 0 Å². The van der Waals surface area contributed by atoms with Crippen LogP contribution in [-0.4, -0.2) is 32.6 Å². The van der Waals surface area contributed by atoms with E-state index >= 15 is 0 Å². The molecule has 0 saturated heterocycles. The fourth-order valence-electron chi connectivity index (χ4n) is 2.54. The molecule has 0 saturated carbocycles. The van der Waals surface area contributed by atoms with E-state index in [-0.39, 0.29) is 0 Å². The van der Waals surface area contributed by atoms with Crippen LogP contribution in [0.25, 0.3) is 0 Å². The van der Waals surface area contributed by atoms with Crippen LogP contribution in [0.1, 0.15) is 21.6 Å². The highest BCUT2D eigenvalue weighted by molar-refractivity contribution is 7.80. The van der Waals surface area contributed by atoms with E-state index in [9.17, 15) is 9.90 Å². The number of carbonyl (C=O) groups is 1. The highest BCUT2D eigenvalue weighted by Gasteiger charge is 2.24. The van der Waals surface area contributed by atoms with Crippen molar-refractivity contribution in [3.8, 4) is 0 Å². The molecule has 2 heterocycles. The van der Waals surface area contributed by atoms with E-state index in [0.717, 1.165) is 23.5 Å². The molecule has 0 spiro atoms. The van der Waals surface area contributed by atoms with Gasteiger partial charge in [-0.3, -0.25) is 4.98 Å². The minimum Gasteiger partial charge on any atom is -0.478 e. The number of nitrogens with one attached hydrogen (secondary N) is 1. The lowest BCUT2D eigenvalue weighted by molar-refractivity contribution is 0.0694. The van der Waals surface area contributed by atoms with Gasteiger partial charge in [0.2, 0.25) is 0 Å². The van der Waals surface area contributed by atoms with Gasteiger partial charge in [0.15, 0.2) is 5.11 Å². The van der Waals surface area contributed by atoms with Gasteiger partial charge >= 0.3 is 5.97 Å². The normalized spacial score (nSPS) is 13.4. The number of aromatic nitrogens is 1. The molecular weight excluding hydrogens is 298 g/mol. The topological polar surface area (TPSA) is 65.5 Å². The van der Waals surface area contributed by atoms with Crippen LogP contribution in [0.5, 0.6) is 0 Å². The average molecular weight is 313 g/mol. The molecule has 1 aliphatic rings. The largest absolute Gasteiger partial charge is 0.478 e. The zero-order chi connectivity index (χ0) is 15.5. The molecule has 0 aliphatic carbocycles. The summed E-state index contributed by atoms with van der Waals surface area (Å²) < 4.78 is 0.